The molecule has 0 bridgehead atoms. The molecular weight excluding hydrogens is 456 g/mol. The number of amides is 3. The molecule has 4 heterocycles. The second kappa shape index (κ2) is 11.1. The monoisotopic (exact) mass is 489 g/mol. The molecule has 2 aromatic heterocycles. The van der Waals surface area contributed by atoms with E-state index in [0.29, 0.717) is 34.0 Å². The van der Waals surface area contributed by atoms with E-state index in [1.807, 2.05) is 17.2 Å². The summed E-state index contributed by atoms with van der Waals surface area (Å²) >= 11 is 1.37. The quantitative estimate of drug-likeness (QED) is 0.513. The number of carbonyl (C=O) groups excluding carboxylic acids is 3. The maximum atomic E-state index is 13.3. The zero-order valence-electron chi connectivity index (χ0n) is 19.6. The van der Waals surface area contributed by atoms with Gasteiger partial charge in [-0.05, 0) is 43.6 Å². The summed E-state index contributed by atoms with van der Waals surface area (Å²) in [5.74, 6) is -0.0372. The van der Waals surface area contributed by atoms with Crippen molar-refractivity contribution in [3.05, 3.63) is 28.2 Å². The molecular formula is C23H33N6O4S+. The second-order valence-electron chi connectivity index (χ2n) is 9.17. The van der Waals surface area contributed by atoms with Crippen molar-refractivity contribution in [1.29, 1.82) is 0 Å². The van der Waals surface area contributed by atoms with Crippen LogP contribution in [0.25, 0.3) is 0 Å². The van der Waals surface area contributed by atoms with Crippen molar-refractivity contribution in [2.75, 3.05) is 63.0 Å². The standard InChI is InChI=1S/C23H32N6O4S/c1-17-16-34-22(23(32)28-9-7-24-8-10-28)21(17)26-20(31)15-29(11-4-2-3-5-12-29)14-19(30)25-18-6-13-33-27-18/h6,13,16,24H,2-5,7-12,14-15H2,1H3,(H-,25,26,27,30,31,32)/p+1. The first-order valence-corrected chi connectivity index (χ1v) is 12.8. The topological polar surface area (TPSA) is 117 Å². The number of likely N-dealkylation sites (tertiary alicyclic amines) is 1. The first-order chi connectivity index (χ1) is 16.5. The molecule has 0 radical (unpaired) electrons. The lowest BCUT2D eigenvalue weighted by atomic mass is 10.2. The molecule has 0 aliphatic carbocycles. The molecule has 11 heteroatoms. The fraction of sp³-hybridized carbons (Fsp3) is 0.565. The van der Waals surface area contributed by atoms with Crippen LogP contribution in [0, 0.1) is 6.92 Å². The Morgan fingerprint density at radius 1 is 1.09 bits per heavy atom. The van der Waals surface area contributed by atoms with E-state index in [-0.39, 0.29) is 30.8 Å². The third-order valence-corrected chi connectivity index (χ3v) is 7.60. The lowest BCUT2D eigenvalue weighted by molar-refractivity contribution is -0.912. The highest BCUT2D eigenvalue weighted by Crippen LogP contribution is 2.29. The normalized spacial score (nSPS) is 18.2. The van der Waals surface area contributed by atoms with Crippen LogP contribution < -0.4 is 16.0 Å². The number of piperazine rings is 1. The van der Waals surface area contributed by atoms with Crippen LogP contribution in [0.3, 0.4) is 0 Å². The first kappa shape index (κ1) is 24.4. The van der Waals surface area contributed by atoms with E-state index < -0.39 is 0 Å². The maximum absolute atomic E-state index is 13.3. The van der Waals surface area contributed by atoms with Gasteiger partial charge in [0.15, 0.2) is 18.9 Å². The molecule has 2 aromatic rings. The Hall–Kier alpha value is -2.76. The first-order valence-electron chi connectivity index (χ1n) is 11.9. The van der Waals surface area contributed by atoms with Gasteiger partial charge in [-0.1, -0.05) is 5.16 Å². The van der Waals surface area contributed by atoms with Gasteiger partial charge in [-0.2, -0.15) is 0 Å². The van der Waals surface area contributed by atoms with Crippen LogP contribution in [-0.2, 0) is 9.59 Å². The highest BCUT2D eigenvalue weighted by atomic mass is 32.1. The van der Waals surface area contributed by atoms with Gasteiger partial charge in [0.2, 0.25) is 0 Å². The molecule has 10 nitrogen and oxygen atoms in total. The van der Waals surface area contributed by atoms with Gasteiger partial charge in [0.25, 0.3) is 17.7 Å². The molecule has 2 fully saturated rings. The number of nitrogens with one attached hydrogen (secondary N) is 3. The third-order valence-electron chi connectivity index (χ3n) is 6.52. The van der Waals surface area contributed by atoms with Gasteiger partial charge >= 0.3 is 0 Å². The lowest BCUT2D eigenvalue weighted by Gasteiger charge is -2.36. The van der Waals surface area contributed by atoms with Gasteiger partial charge in [-0.15, -0.1) is 11.3 Å². The van der Waals surface area contributed by atoms with Gasteiger partial charge in [-0.3, -0.25) is 14.4 Å². The number of rotatable bonds is 7. The summed E-state index contributed by atoms with van der Waals surface area (Å²) in [4.78, 5) is 41.5. The Balaban J connectivity index is 1.46. The average molecular weight is 490 g/mol. The predicted octanol–water partition coefficient (Wildman–Crippen LogP) is 2.06. The summed E-state index contributed by atoms with van der Waals surface area (Å²) < 4.78 is 5.18. The van der Waals surface area contributed by atoms with Crippen molar-refractivity contribution in [1.82, 2.24) is 15.4 Å². The molecule has 2 saturated heterocycles. The lowest BCUT2D eigenvalue weighted by Crippen LogP contribution is -2.56. The summed E-state index contributed by atoms with van der Waals surface area (Å²) in [6.45, 7) is 6.65. The van der Waals surface area contributed by atoms with Crippen molar-refractivity contribution in [3.63, 3.8) is 0 Å². The molecule has 0 atom stereocenters. The number of nitrogens with zero attached hydrogens (tertiary/aromatic N) is 3. The average Bonchev–Trinajstić information content (AvgIpc) is 3.39. The minimum atomic E-state index is -0.190. The van der Waals surface area contributed by atoms with Crippen LogP contribution >= 0.6 is 11.3 Å². The van der Waals surface area contributed by atoms with E-state index in [2.05, 4.69) is 21.1 Å². The molecule has 0 saturated carbocycles. The largest absolute Gasteiger partial charge is 0.363 e. The highest BCUT2D eigenvalue weighted by molar-refractivity contribution is 7.13. The zero-order valence-corrected chi connectivity index (χ0v) is 20.4. The zero-order chi connectivity index (χ0) is 24.0. The van der Waals surface area contributed by atoms with Crippen LogP contribution in [-0.4, -0.2) is 84.6 Å². The number of carbonyl (C=O) groups is 3. The van der Waals surface area contributed by atoms with E-state index in [1.165, 1.54) is 17.6 Å². The maximum Gasteiger partial charge on any atom is 0.280 e. The van der Waals surface area contributed by atoms with Gasteiger partial charge in [0.05, 0.1) is 18.8 Å². The Morgan fingerprint density at radius 3 is 2.41 bits per heavy atom. The second-order valence-corrected chi connectivity index (χ2v) is 10.0. The molecule has 184 valence electrons. The number of aryl methyl sites for hydroxylation is 1. The molecule has 3 amide bonds. The van der Waals surface area contributed by atoms with Gasteiger partial charge in [-0.25, -0.2) is 0 Å². The molecule has 34 heavy (non-hydrogen) atoms. The summed E-state index contributed by atoms with van der Waals surface area (Å²) in [6.07, 6.45) is 5.53. The van der Waals surface area contributed by atoms with Gasteiger partial charge in [0.1, 0.15) is 11.1 Å². The number of quaternary nitrogens is 1. The molecule has 0 aromatic carbocycles. The number of hydrogen-bond acceptors (Lipinski definition) is 7. The van der Waals surface area contributed by atoms with Crippen molar-refractivity contribution in [2.45, 2.75) is 32.6 Å². The van der Waals surface area contributed by atoms with E-state index in [4.69, 9.17) is 4.52 Å². The fourth-order valence-electron chi connectivity index (χ4n) is 4.75. The van der Waals surface area contributed by atoms with Crippen molar-refractivity contribution < 1.29 is 23.4 Å². The van der Waals surface area contributed by atoms with Gasteiger partial charge < -0.3 is 29.9 Å². The molecule has 2 aliphatic heterocycles. The summed E-state index contributed by atoms with van der Waals surface area (Å²) in [5.41, 5.74) is 1.47. The summed E-state index contributed by atoms with van der Waals surface area (Å²) in [5, 5.41) is 14.7. The molecule has 0 unspecified atom stereocenters. The Morgan fingerprint density at radius 2 is 1.76 bits per heavy atom. The Kier molecular flexibility index (Phi) is 7.96. The van der Waals surface area contributed by atoms with Crippen molar-refractivity contribution in [2.24, 2.45) is 0 Å². The van der Waals surface area contributed by atoms with Crippen LogP contribution in [0.15, 0.2) is 22.2 Å². The number of hydrogen-bond donors (Lipinski definition) is 3. The van der Waals surface area contributed by atoms with Crippen molar-refractivity contribution in [3.8, 4) is 0 Å². The summed E-state index contributed by atoms with van der Waals surface area (Å²) in [6, 6.07) is 1.59. The molecule has 3 N–H and O–H groups in total. The third kappa shape index (κ3) is 6.02. The fourth-order valence-corrected chi connectivity index (χ4v) is 5.72. The van der Waals surface area contributed by atoms with Crippen LogP contribution in [0.2, 0.25) is 0 Å². The molecule has 4 rings (SSSR count). The van der Waals surface area contributed by atoms with Crippen molar-refractivity contribution >= 4 is 40.6 Å². The minimum Gasteiger partial charge on any atom is -0.363 e. The molecule has 2 aliphatic rings. The minimum absolute atomic E-state index is 0.0411. The Labute approximate surface area is 203 Å². The van der Waals surface area contributed by atoms with Crippen LogP contribution in [0.4, 0.5) is 11.5 Å². The summed E-state index contributed by atoms with van der Waals surface area (Å²) in [7, 11) is 0. The number of anilines is 2. The highest BCUT2D eigenvalue weighted by Gasteiger charge is 2.35. The van der Waals surface area contributed by atoms with Crippen LogP contribution in [0.1, 0.15) is 40.9 Å². The van der Waals surface area contributed by atoms with E-state index in [0.717, 1.165) is 57.4 Å². The van der Waals surface area contributed by atoms with E-state index in [9.17, 15) is 14.4 Å². The Bertz CT molecular complexity index is 991. The molecule has 0 spiro atoms. The predicted molar refractivity (Wildman–Crippen MR) is 130 cm³/mol. The number of thiophene rings is 1. The number of aromatic nitrogens is 1. The van der Waals surface area contributed by atoms with Crippen LogP contribution in [0.5, 0.6) is 0 Å². The smallest absolute Gasteiger partial charge is 0.280 e. The van der Waals surface area contributed by atoms with Gasteiger partial charge in [0, 0.05) is 32.2 Å². The van der Waals surface area contributed by atoms with E-state index >= 15 is 0 Å². The van der Waals surface area contributed by atoms with E-state index in [1.54, 1.807) is 6.07 Å². The SMILES string of the molecule is Cc1csc(C(=O)N2CCNCC2)c1NC(=O)C[N+]1(CC(=O)Nc2ccon2)CCCCCC1.